The molecule has 26 heavy (non-hydrogen) atoms. The van der Waals surface area contributed by atoms with Crippen LogP contribution in [-0.4, -0.2) is 22.9 Å². The summed E-state index contributed by atoms with van der Waals surface area (Å²) in [6, 6.07) is 17.6. The fourth-order valence-electron chi connectivity index (χ4n) is 3.22. The van der Waals surface area contributed by atoms with E-state index in [0.717, 1.165) is 35.0 Å². The first-order valence-electron chi connectivity index (χ1n) is 8.95. The third-order valence-electron chi connectivity index (χ3n) is 4.53. The molecule has 0 radical (unpaired) electrons. The van der Waals surface area contributed by atoms with Gasteiger partial charge < -0.3 is 9.30 Å². The van der Waals surface area contributed by atoms with Crippen molar-refractivity contribution in [1.29, 1.82) is 0 Å². The molecule has 0 N–H and O–H groups in total. The maximum atomic E-state index is 13.0. The molecule has 0 aliphatic rings. The topological polar surface area (TPSA) is 48.3 Å². The van der Waals surface area contributed by atoms with Gasteiger partial charge in [0.2, 0.25) is 5.78 Å². The lowest BCUT2D eigenvalue weighted by Crippen LogP contribution is -2.14. The van der Waals surface area contributed by atoms with E-state index >= 15 is 0 Å². The number of ether oxygens (including phenoxy) is 1. The Labute approximate surface area is 153 Å². The smallest absolute Gasteiger partial charge is 0.306 e. The van der Waals surface area contributed by atoms with Crippen molar-refractivity contribution in [1.82, 2.24) is 4.57 Å². The molecular weight excluding hydrogens is 326 g/mol. The lowest BCUT2D eigenvalue weighted by molar-refractivity contribution is -0.142. The Balaban J connectivity index is 1.99. The number of aromatic nitrogens is 1. The van der Waals surface area contributed by atoms with Gasteiger partial charge in [0.1, 0.15) is 0 Å². The fourth-order valence-corrected chi connectivity index (χ4v) is 3.22. The van der Waals surface area contributed by atoms with Crippen LogP contribution >= 0.6 is 0 Å². The number of ketones is 1. The van der Waals surface area contributed by atoms with Crippen LogP contribution in [0.3, 0.4) is 0 Å². The number of unbranched alkanes of at least 4 members (excludes halogenated alkanes) is 1. The average Bonchev–Trinajstić information content (AvgIpc) is 2.98. The third-order valence-corrected chi connectivity index (χ3v) is 4.53. The zero-order valence-electron chi connectivity index (χ0n) is 15.2. The van der Waals surface area contributed by atoms with Gasteiger partial charge in [-0.3, -0.25) is 9.59 Å². The van der Waals surface area contributed by atoms with Crippen molar-refractivity contribution in [3.05, 3.63) is 60.2 Å². The highest BCUT2D eigenvalue weighted by atomic mass is 16.5. The van der Waals surface area contributed by atoms with Gasteiger partial charge in [-0.05, 0) is 18.1 Å². The van der Waals surface area contributed by atoms with Gasteiger partial charge in [-0.25, -0.2) is 0 Å². The van der Waals surface area contributed by atoms with E-state index in [1.165, 1.54) is 0 Å². The van der Waals surface area contributed by atoms with Gasteiger partial charge in [-0.2, -0.15) is 0 Å². The normalized spacial score (nSPS) is 10.8. The molecule has 0 fully saturated rings. The zero-order chi connectivity index (χ0) is 18.5. The standard InChI is InChI=1S/C22H23NO3/c1-3-4-14-20(25)26-15-19(24)21-17-12-8-9-13-18(17)23(2)22(21)16-10-6-5-7-11-16/h5-13H,3-4,14-15H2,1-2H3. The summed E-state index contributed by atoms with van der Waals surface area (Å²) in [6.07, 6.45) is 2.05. The maximum absolute atomic E-state index is 13.0. The van der Waals surface area contributed by atoms with Crippen LogP contribution in [0.5, 0.6) is 0 Å². The largest absolute Gasteiger partial charge is 0.457 e. The van der Waals surface area contributed by atoms with Crippen LogP contribution in [0.15, 0.2) is 54.6 Å². The summed E-state index contributed by atoms with van der Waals surface area (Å²) in [5, 5.41) is 0.878. The monoisotopic (exact) mass is 349 g/mol. The first-order chi connectivity index (χ1) is 12.6. The third kappa shape index (κ3) is 3.54. The highest BCUT2D eigenvalue weighted by molar-refractivity contribution is 6.14. The number of para-hydroxylation sites is 1. The van der Waals surface area contributed by atoms with Gasteiger partial charge in [-0.15, -0.1) is 0 Å². The molecule has 2 aromatic carbocycles. The minimum Gasteiger partial charge on any atom is -0.457 e. The summed E-state index contributed by atoms with van der Waals surface area (Å²) in [5.41, 5.74) is 3.40. The molecule has 3 aromatic rings. The molecule has 0 bridgehead atoms. The molecule has 3 rings (SSSR count). The van der Waals surface area contributed by atoms with Gasteiger partial charge in [-0.1, -0.05) is 61.9 Å². The van der Waals surface area contributed by atoms with Gasteiger partial charge in [0.15, 0.2) is 6.61 Å². The summed E-state index contributed by atoms with van der Waals surface area (Å²) in [4.78, 5) is 24.7. The molecule has 0 aliphatic carbocycles. The molecule has 1 heterocycles. The van der Waals surface area contributed by atoms with Crippen LogP contribution < -0.4 is 0 Å². The Hall–Kier alpha value is -2.88. The van der Waals surface area contributed by atoms with E-state index in [4.69, 9.17) is 4.74 Å². The van der Waals surface area contributed by atoms with Crippen molar-refractivity contribution in [3.63, 3.8) is 0 Å². The van der Waals surface area contributed by atoms with Crippen molar-refractivity contribution in [2.24, 2.45) is 7.05 Å². The number of Topliss-reactive ketones (excluding diaryl/α,β-unsaturated/α-hetero) is 1. The van der Waals surface area contributed by atoms with Crippen molar-refractivity contribution >= 4 is 22.7 Å². The number of esters is 1. The minimum atomic E-state index is -0.318. The van der Waals surface area contributed by atoms with Gasteiger partial charge in [0.25, 0.3) is 0 Å². The van der Waals surface area contributed by atoms with Crippen molar-refractivity contribution < 1.29 is 14.3 Å². The molecule has 134 valence electrons. The summed E-state index contributed by atoms with van der Waals surface area (Å²) in [5.74, 6) is -0.493. The zero-order valence-corrected chi connectivity index (χ0v) is 15.2. The molecule has 4 nitrogen and oxygen atoms in total. The van der Waals surface area contributed by atoms with E-state index in [9.17, 15) is 9.59 Å². The number of benzene rings is 2. The van der Waals surface area contributed by atoms with Crippen molar-refractivity contribution in [2.75, 3.05) is 6.61 Å². The SMILES string of the molecule is CCCCC(=O)OCC(=O)c1c(-c2ccccc2)n(C)c2ccccc12. The van der Waals surface area contributed by atoms with Gasteiger partial charge in [0, 0.05) is 24.4 Å². The molecule has 0 unspecified atom stereocenters. The Bertz CT molecular complexity index is 925. The van der Waals surface area contributed by atoms with Crippen molar-refractivity contribution in [3.8, 4) is 11.3 Å². The Morgan fingerprint density at radius 3 is 2.42 bits per heavy atom. The van der Waals surface area contributed by atoms with E-state index in [-0.39, 0.29) is 18.4 Å². The second kappa shape index (κ2) is 8.00. The molecule has 0 atom stereocenters. The average molecular weight is 349 g/mol. The molecule has 1 aromatic heterocycles. The Morgan fingerprint density at radius 2 is 1.69 bits per heavy atom. The van der Waals surface area contributed by atoms with Crippen LogP contribution in [0.4, 0.5) is 0 Å². The summed E-state index contributed by atoms with van der Waals surface area (Å²) in [6.45, 7) is 1.79. The van der Waals surface area contributed by atoms with Crippen LogP contribution in [-0.2, 0) is 16.6 Å². The predicted octanol–water partition coefficient (Wildman–Crippen LogP) is 4.76. The highest BCUT2D eigenvalue weighted by Crippen LogP contribution is 2.33. The quantitative estimate of drug-likeness (QED) is 0.456. The molecule has 0 saturated heterocycles. The maximum Gasteiger partial charge on any atom is 0.306 e. The second-order valence-corrected chi connectivity index (χ2v) is 6.35. The van der Waals surface area contributed by atoms with E-state index in [0.29, 0.717) is 12.0 Å². The lowest BCUT2D eigenvalue weighted by Gasteiger charge is -2.08. The van der Waals surface area contributed by atoms with E-state index < -0.39 is 0 Å². The first-order valence-corrected chi connectivity index (χ1v) is 8.95. The van der Waals surface area contributed by atoms with Crippen LogP contribution in [0.25, 0.3) is 22.2 Å². The van der Waals surface area contributed by atoms with Crippen molar-refractivity contribution in [2.45, 2.75) is 26.2 Å². The lowest BCUT2D eigenvalue weighted by atomic mass is 10.0. The minimum absolute atomic E-state index is 0.175. The van der Waals surface area contributed by atoms with Crippen LogP contribution in [0.2, 0.25) is 0 Å². The number of hydrogen-bond donors (Lipinski definition) is 0. The Morgan fingerprint density at radius 1 is 1.00 bits per heavy atom. The molecule has 0 spiro atoms. The first kappa shape index (κ1) is 17.9. The summed E-state index contributed by atoms with van der Waals surface area (Å²) < 4.78 is 7.24. The van der Waals surface area contributed by atoms with E-state index in [1.807, 2.05) is 73.1 Å². The highest BCUT2D eigenvalue weighted by Gasteiger charge is 2.22. The van der Waals surface area contributed by atoms with Gasteiger partial charge in [0.05, 0.1) is 11.3 Å². The number of carbonyl (C=O) groups excluding carboxylic acids is 2. The molecule has 4 heteroatoms. The number of carbonyl (C=O) groups is 2. The molecule has 0 aliphatic heterocycles. The van der Waals surface area contributed by atoms with E-state index in [2.05, 4.69) is 0 Å². The number of aryl methyl sites for hydroxylation is 1. The molecular formula is C22H23NO3. The Kier molecular flexibility index (Phi) is 5.52. The number of hydrogen-bond acceptors (Lipinski definition) is 3. The second-order valence-electron chi connectivity index (χ2n) is 6.35. The van der Waals surface area contributed by atoms with Crippen LogP contribution in [0.1, 0.15) is 36.5 Å². The number of fused-ring (bicyclic) bond motifs is 1. The predicted molar refractivity (Wildman–Crippen MR) is 103 cm³/mol. The number of nitrogens with zero attached hydrogens (tertiary/aromatic N) is 1. The summed E-state index contributed by atoms with van der Waals surface area (Å²) in [7, 11) is 1.95. The molecule has 0 saturated carbocycles. The van der Waals surface area contributed by atoms with Crippen LogP contribution in [0, 0.1) is 0 Å². The molecule has 0 amide bonds. The van der Waals surface area contributed by atoms with E-state index in [1.54, 1.807) is 0 Å². The fraction of sp³-hybridized carbons (Fsp3) is 0.273. The van der Waals surface area contributed by atoms with Gasteiger partial charge >= 0.3 is 5.97 Å². The summed E-state index contributed by atoms with van der Waals surface area (Å²) >= 11 is 0. The number of rotatable bonds is 7.